The van der Waals surface area contributed by atoms with E-state index in [9.17, 15) is 9.90 Å². The number of hydrogen-bond donors (Lipinski definition) is 1. The highest BCUT2D eigenvalue weighted by Gasteiger charge is 2.29. The molecule has 1 heterocycles. The Labute approximate surface area is 135 Å². The summed E-state index contributed by atoms with van der Waals surface area (Å²) in [6, 6.07) is 12.5. The first kappa shape index (κ1) is 15.4. The van der Waals surface area contributed by atoms with Crippen LogP contribution in [0.3, 0.4) is 0 Å². The molecule has 0 aliphatic carbocycles. The van der Waals surface area contributed by atoms with E-state index < -0.39 is 6.10 Å². The molecule has 1 aliphatic heterocycles. The number of hydrogen-bond acceptors (Lipinski definition) is 4. The first-order valence-corrected chi connectivity index (χ1v) is 7.46. The summed E-state index contributed by atoms with van der Waals surface area (Å²) >= 11 is 0. The van der Waals surface area contributed by atoms with Crippen molar-refractivity contribution >= 4 is 11.6 Å². The van der Waals surface area contributed by atoms with E-state index >= 15 is 0 Å². The molecule has 1 aliphatic rings. The van der Waals surface area contributed by atoms with Crippen molar-refractivity contribution in [2.75, 3.05) is 25.7 Å². The number of rotatable bonds is 3. The number of anilines is 1. The number of methoxy groups -OCH3 is 2. The molecule has 0 saturated carbocycles. The second kappa shape index (κ2) is 6.30. The van der Waals surface area contributed by atoms with Gasteiger partial charge in [-0.25, -0.2) is 0 Å². The largest absolute Gasteiger partial charge is 0.497 e. The van der Waals surface area contributed by atoms with Crippen LogP contribution in [-0.2, 0) is 0 Å². The molecular weight excluding hydrogens is 294 g/mol. The Kier molecular flexibility index (Phi) is 4.21. The molecular formula is C18H19NO4. The molecule has 0 spiro atoms. The van der Waals surface area contributed by atoms with Gasteiger partial charge in [-0.3, -0.25) is 4.79 Å². The molecule has 2 aromatic rings. The van der Waals surface area contributed by atoms with E-state index in [1.807, 2.05) is 18.2 Å². The van der Waals surface area contributed by atoms with Crippen LogP contribution in [-0.4, -0.2) is 31.8 Å². The zero-order valence-electron chi connectivity index (χ0n) is 13.2. The Morgan fingerprint density at radius 1 is 1.17 bits per heavy atom. The number of benzene rings is 2. The Morgan fingerprint density at radius 2 is 1.96 bits per heavy atom. The zero-order chi connectivity index (χ0) is 16.4. The third-order valence-electron chi connectivity index (χ3n) is 4.09. The number of aliphatic hydroxyl groups is 1. The average Bonchev–Trinajstić information content (AvgIpc) is 2.61. The van der Waals surface area contributed by atoms with Crippen molar-refractivity contribution in [1.82, 2.24) is 0 Å². The van der Waals surface area contributed by atoms with Gasteiger partial charge in [0.25, 0.3) is 5.91 Å². The molecule has 5 heteroatoms. The highest BCUT2D eigenvalue weighted by Crippen LogP contribution is 2.37. The summed E-state index contributed by atoms with van der Waals surface area (Å²) in [6.07, 6.45) is -0.108. The van der Waals surface area contributed by atoms with Crippen molar-refractivity contribution < 1.29 is 19.4 Å². The maximum atomic E-state index is 12.9. The number of carbonyl (C=O) groups excluding carboxylic acids is 1. The monoisotopic (exact) mass is 313 g/mol. The summed E-state index contributed by atoms with van der Waals surface area (Å²) < 4.78 is 10.5. The molecule has 1 unspecified atom stereocenters. The molecule has 0 aromatic heterocycles. The van der Waals surface area contributed by atoms with E-state index in [1.165, 1.54) is 0 Å². The van der Waals surface area contributed by atoms with E-state index in [0.29, 0.717) is 41.3 Å². The lowest BCUT2D eigenvalue weighted by atomic mass is 9.97. The molecule has 1 atom stereocenters. The fraction of sp³-hybridized carbons (Fsp3) is 0.278. The van der Waals surface area contributed by atoms with Gasteiger partial charge in [-0.2, -0.15) is 0 Å². The third-order valence-corrected chi connectivity index (χ3v) is 4.09. The second-order valence-electron chi connectivity index (χ2n) is 5.39. The van der Waals surface area contributed by atoms with E-state index in [1.54, 1.807) is 43.4 Å². The van der Waals surface area contributed by atoms with Crippen LogP contribution in [0, 0.1) is 0 Å². The van der Waals surface area contributed by atoms with Crippen LogP contribution in [0.5, 0.6) is 11.5 Å². The van der Waals surface area contributed by atoms with E-state index in [2.05, 4.69) is 0 Å². The average molecular weight is 313 g/mol. The van der Waals surface area contributed by atoms with Gasteiger partial charge in [-0.15, -0.1) is 0 Å². The fourth-order valence-electron chi connectivity index (χ4n) is 2.88. The Morgan fingerprint density at radius 3 is 2.70 bits per heavy atom. The molecule has 0 radical (unpaired) electrons. The minimum Gasteiger partial charge on any atom is -0.497 e. The molecule has 0 saturated heterocycles. The topological polar surface area (TPSA) is 59.0 Å². The fourth-order valence-corrected chi connectivity index (χ4v) is 2.88. The van der Waals surface area contributed by atoms with Gasteiger partial charge in [-0.05, 0) is 36.8 Å². The van der Waals surface area contributed by atoms with Gasteiger partial charge >= 0.3 is 0 Å². The van der Waals surface area contributed by atoms with Crippen molar-refractivity contribution in [2.24, 2.45) is 0 Å². The molecule has 5 nitrogen and oxygen atoms in total. The van der Waals surface area contributed by atoms with Crippen LogP contribution >= 0.6 is 0 Å². The number of nitrogens with zero attached hydrogens (tertiary/aromatic N) is 1. The second-order valence-corrected chi connectivity index (χ2v) is 5.39. The number of aliphatic hydroxyl groups excluding tert-OH is 1. The Bertz CT molecular complexity index is 729. The first-order chi connectivity index (χ1) is 11.2. The Balaban J connectivity index is 2.02. The molecule has 1 N–H and O–H groups in total. The van der Waals surface area contributed by atoms with Gasteiger partial charge in [0.15, 0.2) is 0 Å². The van der Waals surface area contributed by atoms with Crippen LogP contribution in [0.4, 0.5) is 5.69 Å². The third kappa shape index (κ3) is 2.75. The van der Waals surface area contributed by atoms with Gasteiger partial charge in [0.1, 0.15) is 11.5 Å². The van der Waals surface area contributed by atoms with Gasteiger partial charge in [0.05, 0.1) is 31.6 Å². The van der Waals surface area contributed by atoms with Crippen molar-refractivity contribution in [3.05, 3.63) is 53.6 Å². The summed E-state index contributed by atoms with van der Waals surface area (Å²) in [4.78, 5) is 14.6. The van der Waals surface area contributed by atoms with Gasteiger partial charge in [-0.1, -0.05) is 12.1 Å². The Hall–Kier alpha value is -2.53. The van der Waals surface area contributed by atoms with Crippen LogP contribution in [0.25, 0.3) is 0 Å². The van der Waals surface area contributed by atoms with Crippen molar-refractivity contribution in [1.29, 1.82) is 0 Å². The highest BCUT2D eigenvalue weighted by atomic mass is 16.5. The molecule has 1 amide bonds. The van der Waals surface area contributed by atoms with E-state index in [-0.39, 0.29) is 5.91 Å². The van der Waals surface area contributed by atoms with E-state index in [0.717, 1.165) is 0 Å². The van der Waals surface area contributed by atoms with E-state index in [4.69, 9.17) is 9.47 Å². The predicted octanol–water partition coefficient (Wildman–Crippen LogP) is 2.79. The van der Waals surface area contributed by atoms with Crippen LogP contribution in [0.1, 0.15) is 28.4 Å². The maximum absolute atomic E-state index is 12.9. The van der Waals surface area contributed by atoms with Gasteiger partial charge < -0.3 is 19.5 Å². The minimum atomic E-state index is -0.596. The number of para-hydroxylation sites is 1. The molecule has 23 heavy (non-hydrogen) atoms. The predicted molar refractivity (Wildman–Crippen MR) is 87.2 cm³/mol. The number of ether oxygens (including phenoxy) is 2. The van der Waals surface area contributed by atoms with Crippen LogP contribution in [0.15, 0.2) is 42.5 Å². The first-order valence-electron chi connectivity index (χ1n) is 7.46. The lowest BCUT2D eigenvalue weighted by Crippen LogP contribution is -2.36. The SMILES string of the molecule is COc1ccc2c(c1)C(O)CCN2C(=O)c1ccccc1OC. The number of fused-ring (bicyclic) bond motifs is 1. The number of amides is 1. The smallest absolute Gasteiger partial charge is 0.262 e. The molecule has 120 valence electrons. The van der Waals surface area contributed by atoms with Crippen molar-refractivity contribution in [3.8, 4) is 11.5 Å². The highest BCUT2D eigenvalue weighted by molar-refractivity contribution is 6.08. The maximum Gasteiger partial charge on any atom is 0.262 e. The zero-order valence-corrected chi connectivity index (χ0v) is 13.2. The summed E-state index contributed by atoms with van der Waals surface area (Å²) in [5.74, 6) is 1.06. The lowest BCUT2D eigenvalue weighted by Gasteiger charge is -2.32. The molecule has 0 fully saturated rings. The summed E-state index contributed by atoms with van der Waals surface area (Å²) in [5.41, 5.74) is 1.92. The minimum absolute atomic E-state index is 0.138. The summed E-state index contributed by atoms with van der Waals surface area (Å²) in [5, 5.41) is 10.2. The quantitative estimate of drug-likeness (QED) is 0.946. The standard InChI is InChI=1S/C18H19NO4/c1-22-12-7-8-15-14(11-12)16(20)9-10-19(15)18(21)13-5-3-4-6-17(13)23-2/h3-8,11,16,20H,9-10H2,1-2H3. The molecule has 0 bridgehead atoms. The van der Waals surface area contributed by atoms with Gasteiger partial charge in [0, 0.05) is 12.1 Å². The van der Waals surface area contributed by atoms with Crippen molar-refractivity contribution in [3.63, 3.8) is 0 Å². The van der Waals surface area contributed by atoms with Crippen LogP contribution in [0.2, 0.25) is 0 Å². The molecule has 3 rings (SSSR count). The number of carbonyl (C=O) groups is 1. The summed E-state index contributed by atoms with van der Waals surface area (Å²) in [6.45, 7) is 0.456. The summed E-state index contributed by atoms with van der Waals surface area (Å²) in [7, 11) is 3.12. The molecule has 2 aromatic carbocycles. The van der Waals surface area contributed by atoms with Gasteiger partial charge in [0.2, 0.25) is 0 Å². The normalized spacial score (nSPS) is 16.7. The van der Waals surface area contributed by atoms with Crippen molar-refractivity contribution in [2.45, 2.75) is 12.5 Å². The van der Waals surface area contributed by atoms with Crippen LogP contribution < -0.4 is 14.4 Å². The lowest BCUT2D eigenvalue weighted by molar-refractivity contribution is 0.0967.